The number of rotatable bonds is 7. The molecule has 1 aromatic carbocycles. The molecule has 0 saturated carbocycles. The molecule has 0 aliphatic heterocycles. The van der Waals surface area contributed by atoms with Crippen LogP contribution < -0.4 is 17.1 Å². The quantitative estimate of drug-likeness (QED) is 0.814. The lowest BCUT2D eigenvalue weighted by Crippen LogP contribution is -3.00. The van der Waals surface area contributed by atoms with Crippen molar-refractivity contribution in [2.24, 2.45) is 10.8 Å². The van der Waals surface area contributed by atoms with E-state index in [1.165, 1.54) is 5.56 Å². The third-order valence-corrected chi connectivity index (χ3v) is 4.19. The van der Waals surface area contributed by atoms with Crippen LogP contribution in [0.5, 0.6) is 5.75 Å². The summed E-state index contributed by atoms with van der Waals surface area (Å²) in [5.41, 5.74) is 4.10. The van der Waals surface area contributed by atoms with E-state index in [9.17, 15) is 5.11 Å². The van der Waals surface area contributed by atoms with Gasteiger partial charge in [0.05, 0.1) is 6.10 Å². The third kappa shape index (κ3) is 8.39. The Hall–Kier alpha value is -0.730. The summed E-state index contributed by atoms with van der Waals surface area (Å²) in [6.07, 6.45) is 2.55. The zero-order valence-electron chi connectivity index (χ0n) is 16.8. The van der Waals surface area contributed by atoms with Gasteiger partial charge in [0, 0.05) is 0 Å². The fourth-order valence-corrected chi connectivity index (χ4v) is 3.74. The molecule has 3 heteroatoms. The van der Waals surface area contributed by atoms with Crippen LogP contribution in [0.2, 0.25) is 0 Å². The highest BCUT2D eigenvalue weighted by Crippen LogP contribution is 2.37. The molecular formula is C21H36ClO2-. The van der Waals surface area contributed by atoms with Crippen LogP contribution >= 0.6 is 0 Å². The molecule has 0 aromatic heterocycles. The number of aliphatic hydroxyl groups excluding tert-OH is 1. The molecule has 1 N–H and O–H groups in total. The van der Waals surface area contributed by atoms with Crippen molar-refractivity contribution in [3.63, 3.8) is 0 Å². The molecule has 1 unspecified atom stereocenters. The molecule has 2 nitrogen and oxygen atoms in total. The first-order chi connectivity index (χ1) is 10.4. The van der Waals surface area contributed by atoms with Gasteiger partial charge in [-0.05, 0) is 62.0 Å². The van der Waals surface area contributed by atoms with Gasteiger partial charge in [-0.15, -0.1) is 0 Å². The van der Waals surface area contributed by atoms with E-state index in [1.54, 1.807) is 0 Å². The number of benzene rings is 1. The van der Waals surface area contributed by atoms with Crippen LogP contribution in [-0.4, -0.2) is 17.8 Å². The van der Waals surface area contributed by atoms with Gasteiger partial charge in [0.1, 0.15) is 12.4 Å². The van der Waals surface area contributed by atoms with Gasteiger partial charge >= 0.3 is 0 Å². The number of aryl methyl sites for hydroxylation is 3. The van der Waals surface area contributed by atoms with Gasteiger partial charge in [-0.2, -0.15) is 0 Å². The molecule has 0 aliphatic rings. The second-order valence-electron chi connectivity index (χ2n) is 9.13. The summed E-state index contributed by atoms with van der Waals surface area (Å²) in [7, 11) is 0. The van der Waals surface area contributed by atoms with Crippen molar-refractivity contribution in [2.75, 3.05) is 6.61 Å². The minimum absolute atomic E-state index is 0. The lowest BCUT2D eigenvalue weighted by Gasteiger charge is -2.33. The van der Waals surface area contributed by atoms with Crippen LogP contribution in [-0.2, 0) is 0 Å². The predicted molar refractivity (Wildman–Crippen MR) is 99.2 cm³/mol. The molecular weight excluding hydrogens is 320 g/mol. The average Bonchev–Trinajstić information content (AvgIpc) is 2.32. The SMILES string of the molecule is Cc1cc(C)c(OCC(O)CCC(C)(C)CC(C)(C)C)c(C)c1.[Cl-]. The van der Waals surface area contributed by atoms with Crippen LogP contribution in [0.25, 0.3) is 0 Å². The monoisotopic (exact) mass is 355 g/mol. The van der Waals surface area contributed by atoms with E-state index < -0.39 is 6.10 Å². The normalized spacial score (nSPS) is 13.4. The first-order valence-corrected chi connectivity index (χ1v) is 8.78. The van der Waals surface area contributed by atoms with Crippen molar-refractivity contribution in [1.29, 1.82) is 0 Å². The largest absolute Gasteiger partial charge is 1.00 e. The van der Waals surface area contributed by atoms with Crippen molar-refractivity contribution < 1.29 is 22.3 Å². The summed E-state index contributed by atoms with van der Waals surface area (Å²) < 4.78 is 5.90. The number of hydrogen-bond acceptors (Lipinski definition) is 2. The van der Waals surface area contributed by atoms with Gasteiger partial charge in [-0.1, -0.05) is 52.3 Å². The van der Waals surface area contributed by atoms with Crippen LogP contribution in [0.4, 0.5) is 0 Å². The second-order valence-corrected chi connectivity index (χ2v) is 9.13. The zero-order valence-corrected chi connectivity index (χ0v) is 17.5. The topological polar surface area (TPSA) is 29.5 Å². The summed E-state index contributed by atoms with van der Waals surface area (Å²) in [4.78, 5) is 0. The van der Waals surface area contributed by atoms with Crippen molar-refractivity contribution in [2.45, 2.75) is 80.8 Å². The lowest BCUT2D eigenvalue weighted by atomic mass is 9.73. The summed E-state index contributed by atoms with van der Waals surface area (Å²) in [6, 6.07) is 4.25. The van der Waals surface area contributed by atoms with E-state index in [-0.39, 0.29) is 17.8 Å². The molecule has 1 atom stereocenters. The fraction of sp³-hybridized carbons (Fsp3) is 0.714. The Balaban J connectivity index is 0.00000529. The molecule has 0 saturated heterocycles. The van der Waals surface area contributed by atoms with Crippen molar-refractivity contribution >= 4 is 0 Å². The smallest absolute Gasteiger partial charge is 0.125 e. The van der Waals surface area contributed by atoms with Gasteiger partial charge < -0.3 is 22.3 Å². The standard InChI is InChI=1S/C21H36O2.ClH/c1-15-11-16(2)19(17(3)12-15)23-13-18(22)9-10-21(7,8)14-20(4,5)6;/h11-12,18,22H,9-10,13-14H2,1-8H3;1H/p-1. The first-order valence-electron chi connectivity index (χ1n) is 8.78. The molecule has 1 aromatic rings. The number of aliphatic hydroxyl groups is 1. The molecule has 0 amide bonds. The minimum Gasteiger partial charge on any atom is -1.00 e. The summed E-state index contributed by atoms with van der Waals surface area (Å²) in [5, 5.41) is 10.3. The van der Waals surface area contributed by atoms with Crippen LogP contribution in [0.3, 0.4) is 0 Å². The predicted octanol–water partition coefficient (Wildman–Crippen LogP) is 2.60. The second kappa shape index (κ2) is 9.10. The highest BCUT2D eigenvalue weighted by atomic mass is 35.5. The highest BCUT2D eigenvalue weighted by Gasteiger charge is 2.26. The molecule has 140 valence electrons. The summed E-state index contributed by atoms with van der Waals surface area (Å²) in [5.74, 6) is 0.920. The third-order valence-electron chi connectivity index (χ3n) is 4.19. The fourth-order valence-electron chi connectivity index (χ4n) is 3.74. The number of halogens is 1. The van der Waals surface area contributed by atoms with Crippen molar-refractivity contribution in [1.82, 2.24) is 0 Å². The van der Waals surface area contributed by atoms with E-state index in [0.717, 1.165) is 36.1 Å². The van der Waals surface area contributed by atoms with Crippen LogP contribution in [0.15, 0.2) is 12.1 Å². The molecule has 0 bridgehead atoms. The Morgan fingerprint density at radius 3 is 1.96 bits per heavy atom. The summed E-state index contributed by atoms with van der Waals surface area (Å²) in [6.45, 7) is 18.0. The van der Waals surface area contributed by atoms with Gasteiger partial charge in [-0.25, -0.2) is 0 Å². The maximum atomic E-state index is 10.3. The molecule has 0 fully saturated rings. The van der Waals surface area contributed by atoms with E-state index in [1.807, 2.05) is 0 Å². The summed E-state index contributed by atoms with van der Waals surface area (Å²) >= 11 is 0. The van der Waals surface area contributed by atoms with Gasteiger partial charge in [0.2, 0.25) is 0 Å². The Labute approximate surface area is 155 Å². The lowest BCUT2D eigenvalue weighted by molar-refractivity contribution is -0.00000863. The van der Waals surface area contributed by atoms with E-state index in [2.05, 4.69) is 67.5 Å². The molecule has 0 heterocycles. The molecule has 0 spiro atoms. The van der Waals surface area contributed by atoms with Crippen molar-refractivity contribution in [3.05, 3.63) is 28.8 Å². The van der Waals surface area contributed by atoms with Crippen molar-refractivity contribution in [3.8, 4) is 5.75 Å². The number of ether oxygens (including phenoxy) is 1. The molecule has 1 rings (SSSR count). The maximum absolute atomic E-state index is 10.3. The van der Waals surface area contributed by atoms with Gasteiger partial charge in [0.15, 0.2) is 0 Å². The van der Waals surface area contributed by atoms with Crippen LogP contribution in [0.1, 0.15) is 70.6 Å². The Kier molecular flexibility index (Phi) is 8.83. The Bertz CT molecular complexity index is 492. The Morgan fingerprint density at radius 1 is 1.00 bits per heavy atom. The van der Waals surface area contributed by atoms with Gasteiger partial charge in [0.25, 0.3) is 0 Å². The Morgan fingerprint density at radius 2 is 1.50 bits per heavy atom. The molecule has 0 aliphatic carbocycles. The zero-order chi connectivity index (χ0) is 17.8. The van der Waals surface area contributed by atoms with E-state index in [4.69, 9.17) is 4.74 Å². The average molecular weight is 356 g/mol. The van der Waals surface area contributed by atoms with Crippen LogP contribution in [0, 0.1) is 31.6 Å². The van der Waals surface area contributed by atoms with E-state index in [0.29, 0.717) is 12.0 Å². The minimum atomic E-state index is -0.408. The first kappa shape index (κ1) is 23.3. The number of hydrogen-bond donors (Lipinski definition) is 1. The highest BCUT2D eigenvalue weighted by molar-refractivity contribution is 5.42. The molecule has 24 heavy (non-hydrogen) atoms. The van der Waals surface area contributed by atoms with E-state index >= 15 is 0 Å². The maximum Gasteiger partial charge on any atom is 0.125 e. The van der Waals surface area contributed by atoms with Gasteiger partial charge in [-0.3, -0.25) is 0 Å². The molecule has 0 radical (unpaired) electrons.